The van der Waals surface area contributed by atoms with Gasteiger partial charge in [-0.1, -0.05) is 6.92 Å². The molecule has 0 amide bonds. The van der Waals surface area contributed by atoms with Crippen LogP contribution in [0.5, 0.6) is 0 Å². The quantitative estimate of drug-likeness (QED) is 0.648. The van der Waals surface area contributed by atoms with E-state index in [4.69, 9.17) is 14.6 Å². The Hall–Kier alpha value is -0.120. The van der Waals surface area contributed by atoms with Crippen LogP contribution in [-0.4, -0.2) is 30.7 Å². The van der Waals surface area contributed by atoms with E-state index in [0.717, 1.165) is 13.2 Å². The molecule has 0 radical (unpaired) electrons. The van der Waals surface area contributed by atoms with Gasteiger partial charge in [0.2, 0.25) is 0 Å². The normalized spacial score (nSPS) is 39.0. The summed E-state index contributed by atoms with van der Waals surface area (Å²) < 4.78 is 10.9. The lowest BCUT2D eigenvalue weighted by Gasteiger charge is -2.36. The second-order valence-corrected chi connectivity index (χ2v) is 3.33. The summed E-state index contributed by atoms with van der Waals surface area (Å²) in [4.78, 5) is 0. The van der Waals surface area contributed by atoms with Crippen LogP contribution in [0.1, 0.15) is 20.3 Å². The molecular formula is C8H16O3. The van der Waals surface area contributed by atoms with Crippen molar-refractivity contribution in [3.63, 3.8) is 0 Å². The molecule has 1 rings (SSSR count). The average molecular weight is 160 g/mol. The van der Waals surface area contributed by atoms with Crippen molar-refractivity contribution >= 4 is 0 Å². The number of aliphatic hydroxyl groups is 1. The monoisotopic (exact) mass is 160 g/mol. The van der Waals surface area contributed by atoms with Crippen LogP contribution in [0.4, 0.5) is 0 Å². The Morgan fingerprint density at radius 1 is 1.45 bits per heavy atom. The lowest BCUT2D eigenvalue weighted by Crippen LogP contribution is -2.41. The molecule has 1 fully saturated rings. The maximum Gasteiger partial charge on any atom is 0.167 e. The van der Waals surface area contributed by atoms with Crippen molar-refractivity contribution in [2.75, 3.05) is 19.8 Å². The molecule has 0 unspecified atom stereocenters. The van der Waals surface area contributed by atoms with Crippen molar-refractivity contribution < 1.29 is 14.6 Å². The fourth-order valence-corrected chi connectivity index (χ4v) is 1.07. The van der Waals surface area contributed by atoms with E-state index >= 15 is 0 Å². The van der Waals surface area contributed by atoms with Crippen LogP contribution in [0.3, 0.4) is 0 Å². The van der Waals surface area contributed by atoms with Gasteiger partial charge in [0.25, 0.3) is 0 Å². The number of hydrogen-bond donors (Lipinski definition) is 1. The fraction of sp³-hybridized carbons (Fsp3) is 1.00. The third-order valence-corrected chi connectivity index (χ3v) is 1.91. The van der Waals surface area contributed by atoms with Crippen LogP contribution >= 0.6 is 0 Å². The van der Waals surface area contributed by atoms with Crippen LogP contribution in [0.25, 0.3) is 0 Å². The lowest BCUT2D eigenvalue weighted by molar-refractivity contribution is -0.275. The van der Waals surface area contributed by atoms with Gasteiger partial charge in [-0.15, -0.1) is 0 Å². The predicted molar refractivity (Wildman–Crippen MR) is 41.2 cm³/mol. The van der Waals surface area contributed by atoms with Gasteiger partial charge in [-0.2, -0.15) is 0 Å². The number of hydrogen-bond acceptors (Lipinski definition) is 3. The largest absolute Gasteiger partial charge is 0.396 e. The molecule has 0 aromatic carbocycles. The van der Waals surface area contributed by atoms with E-state index in [9.17, 15) is 0 Å². The molecule has 1 heterocycles. The predicted octanol–water partition coefficient (Wildman–Crippen LogP) is 0.768. The summed E-state index contributed by atoms with van der Waals surface area (Å²) in [6.07, 6.45) is 0.555. The molecule has 0 aliphatic carbocycles. The zero-order valence-electron chi connectivity index (χ0n) is 7.17. The smallest absolute Gasteiger partial charge is 0.167 e. The van der Waals surface area contributed by atoms with Crippen molar-refractivity contribution in [1.29, 1.82) is 0 Å². The van der Waals surface area contributed by atoms with Gasteiger partial charge < -0.3 is 14.6 Å². The minimum atomic E-state index is -0.540. The molecule has 1 aliphatic heterocycles. The van der Waals surface area contributed by atoms with E-state index in [1.54, 1.807) is 0 Å². The van der Waals surface area contributed by atoms with Gasteiger partial charge in [-0.25, -0.2) is 0 Å². The van der Waals surface area contributed by atoms with Crippen molar-refractivity contribution in [3.8, 4) is 0 Å². The first-order valence-electron chi connectivity index (χ1n) is 4.05. The Kier molecular flexibility index (Phi) is 2.87. The molecule has 1 saturated heterocycles. The lowest BCUT2D eigenvalue weighted by atomic mass is 10.1. The van der Waals surface area contributed by atoms with E-state index in [1.165, 1.54) is 0 Å². The summed E-state index contributed by atoms with van der Waals surface area (Å²) >= 11 is 0. The van der Waals surface area contributed by atoms with Gasteiger partial charge in [-0.05, 0) is 6.92 Å². The molecule has 1 aliphatic rings. The highest BCUT2D eigenvalue weighted by Gasteiger charge is 2.30. The Bertz CT molecular complexity index is 117. The van der Waals surface area contributed by atoms with Crippen molar-refractivity contribution in [2.45, 2.75) is 26.1 Å². The van der Waals surface area contributed by atoms with Crippen LogP contribution in [0, 0.1) is 5.92 Å². The Labute approximate surface area is 67.3 Å². The third kappa shape index (κ3) is 2.43. The number of aliphatic hydroxyl groups excluding tert-OH is 1. The zero-order valence-corrected chi connectivity index (χ0v) is 7.17. The third-order valence-electron chi connectivity index (χ3n) is 1.91. The minimum Gasteiger partial charge on any atom is -0.396 e. The standard InChI is InChI=1S/C8H16O3/c1-7-5-10-8(2,3-4-9)11-6-7/h7,9H,3-6H2,1-2H3. The van der Waals surface area contributed by atoms with Gasteiger partial charge in [0.15, 0.2) is 5.79 Å². The van der Waals surface area contributed by atoms with E-state index in [2.05, 4.69) is 6.92 Å². The van der Waals surface area contributed by atoms with E-state index in [0.29, 0.717) is 12.3 Å². The highest BCUT2D eigenvalue weighted by atomic mass is 16.7. The molecule has 0 bridgehead atoms. The molecule has 3 nitrogen and oxygen atoms in total. The van der Waals surface area contributed by atoms with E-state index < -0.39 is 5.79 Å². The highest BCUT2D eigenvalue weighted by molar-refractivity contribution is 4.68. The molecular weight excluding hydrogens is 144 g/mol. The van der Waals surface area contributed by atoms with E-state index in [-0.39, 0.29) is 6.61 Å². The second kappa shape index (κ2) is 3.52. The van der Waals surface area contributed by atoms with E-state index in [1.807, 2.05) is 6.92 Å². The fourth-order valence-electron chi connectivity index (χ4n) is 1.07. The van der Waals surface area contributed by atoms with Gasteiger partial charge in [0.05, 0.1) is 13.2 Å². The maximum absolute atomic E-state index is 8.69. The molecule has 0 saturated carbocycles. The summed E-state index contributed by atoms with van der Waals surface area (Å²) in [6, 6.07) is 0. The van der Waals surface area contributed by atoms with Crippen LogP contribution in [-0.2, 0) is 9.47 Å². The molecule has 11 heavy (non-hydrogen) atoms. The Morgan fingerprint density at radius 2 is 2.00 bits per heavy atom. The summed E-state index contributed by atoms with van der Waals surface area (Å²) in [5, 5.41) is 8.69. The van der Waals surface area contributed by atoms with Crippen molar-refractivity contribution in [3.05, 3.63) is 0 Å². The summed E-state index contributed by atoms with van der Waals surface area (Å²) in [5.41, 5.74) is 0. The summed E-state index contributed by atoms with van der Waals surface area (Å²) in [7, 11) is 0. The molecule has 0 aromatic rings. The number of ether oxygens (including phenoxy) is 2. The highest BCUT2D eigenvalue weighted by Crippen LogP contribution is 2.23. The summed E-state index contributed by atoms with van der Waals surface area (Å²) in [6.45, 7) is 5.53. The van der Waals surface area contributed by atoms with Crippen LogP contribution in [0.2, 0.25) is 0 Å². The van der Waals surface area contributed by atoms with Crippen LogP contribution < -0.4 is 0 Å². The SMILES string of the molecule is CC1COC(C)(CCO)OC1. The minimum absolute atomic E-state index is 0.116. The van der Waals surface area contributed by atoms with Crippen molar-refractivity contribution in [1.82, 2.24) is 0 Å². The Balaban J connectivity index is 2.35. The van der Waals surface area contributed by atoms with Gasteiger partial charge in [0.1, 0.15) is 0 Å². The first-order chi connectivity index (χ1) is 5.16. The Morgan fingerprint density at radius 3 is 2.45 bits per heavy atom. The molecule has 3 heteroatoms. The first-order valence-corrected chi connectivity index (χ1v) is 4.05. The second-order valence-electron chi connectivity index (χ2n) is 3.33. The molecule has 0 atom stereocenters. The molecule has 66 valence electrons. The molecule has 0 spiro atoms. The topological polar surface area (TPSA) is 38.7 Å². The van der Waals surface area contributed by atoms with Gasteiger partial charge in [-0.3, -0.25) is 0 Å². The zero-order chi connectivity index (χ0) is 8.32. The van der Waals surface area contributed by atoms with Gasteiger partial charge >= 0.3 is 0 Å². The first kappa shape index (κ1) is 8.97. The molecule has 1 N–H and O–H groups in total. The maximum atomic E-state index is 8.69. The van der Waals surface area contributed by atoms with Crippen molar-refractivity contribution in [2.24, 2.45) is 5.92 Å². The number of rotatable bonds is 2. The molecule has 0 aromatic heterocycles. The van der Waals surface area contributed by atoms with Crippen LogP contribution in [0.15, 0.2) is 0 Å². The summed E-state index contributed by atoms with van der Waals surface area (Å²) in [5.74, 6) is -0.0666. The average Bonchev–Trinajstić information content (AvgIpc) is 1.97. The van der Waals surface area contributed by atoms with Gasteiger partial charge in [0, 0.05) is 18.9 Å².